The number of hydrogen-bond acceptors (Lipinski definition) is 3. The maximum Gasteiger partial charge on any atom is 0.306 e. The molecule has 1 heterocycles. The Labute approximate surface area is 122 Å². The molecule has 110 valence electrons. The smallest absolute Gasteiger partial charge is 0.306 e. The maximum absolute atomic E-state index is 13.2. The summed E-state index contributed by atoms with van der Waals surface area (Å²) in [7, 11) is 0. The third kappa shape index (κ3) is 3.69. The first-order valence-corrected chi connectivity index (χ1v) is 6.87. The van der Waals surface area contributed by atoms with Gasteiger partial charge in [0.2, 0.25) is 0 Å². The Morgan fingerprint density at radius 1 is 1.65 bits per heavy atom. The van der Waals surface area contributed by atoms with Crippen molar-refractivity contribution in [2.75, 3.05) is 19.7 Å². The van der Waals surface area contributed by atoms with Crippen LogP contribution in [0.5, 0.6) is 0 Å². The molecule has 1 aromatic rings. The van der Waals surface area contributed by atoms with Gasteiger partial charge in [-0.3, -0.25) is 9.69 Å². The molecule has 0 spiro atoms. The van der Waals surface area contributed by atoms with E-state index < -0.39 is 11.8 Å². The van der Waals surface area contributed by atoms with Gasteiger partial charge >= 0.3 is 5.97 Å². The van der Waals surface area contributed by atoms with E-state index in [0.717, 1.165) is 5.56 Å². The molecule has 1 fully saturated rings. The van der Waals surface area contributed by atoms with Gasteiger partial charge in [-0.05, 0) is 24.6 Å². The van der Waals surface area contributed by atoms with Gasteiger partial charge in [-0.25, -0.2) is 4.39 Å². The summed E-state index contributed by atoms with van der Waals surface area (Å²) in [6.07, 6.45) is -0.312. The molecule has 20 heavy (non-hydrogen) atoms. The Morgan fingerprint density at radius 3 is 3.05 bits per heavy atom. The van der Waals surface area contributed by atoms with Gasteiger partial charge in [0.25, 0.3) is 0 Å². The van der Waals surface area contributed by atoms with Gasteiger partial charge in [-0.2, -0.15) is 0 Å². The van der Waals surface area contributed by atoms with E-state index in [2.05, 4.69) is 4.90 Å². The van der Waals surface area contributed by atoms with Crippen molar-refractivity contribution in [1.29, 1.82) is 0 Å². The lowest BCUT2D eigenvalue weighted by atomic mass is 10.1. The highest BCUT2D eigenvalue weighted by Crippen LogP contribution is 2.26. The molecule has 2 unspecified atom stereocenters. The van der Waals surface area contributed by atoms with E-state index in [1.165, 1.54) is 6.07 Å². The van der Waals surface area contributed by atoms with Crippen LogP contribution in [0.2, 0.25) is 5.02 Å². The first kappa shape index (κ1) is 15.2. The second kappa shape index (κ2) is 6.52. The van der Waals surface area contributed by atoms with E-state index in [4.69, 9.17) is 21.4 Å². The van der Waals surface area contributed by atoms with Crippen LogP contribution in [-0.4, -0.2) is 41.8 Å². The fourth-order valence-corrected chi connectivity index (χ4v) is 2.58. The predicted molar refractivity (Wildman–Crippen MR) is 73.4 cm³/mol. The average Bonchev–Trinajstić information content (AvgIpc) is 2.40. The van der Waals surface area contributed by atoms with Crippen LogP contribution in [0.4, 0.5) is 4.39 Å². The van der Waals surface area contributed by atoms with E-state index in [1.807, 2.05) is 6.92 Å². The summed E-state index contributed by atoms with van der Waals surface area (Å²) in [6.45, 7) is 3.75. The minimum atomic E-state index is -0.866. The molecule has 2 atom stereocenters. The van der Waals surface area contributed by atoms with Crippen molar-refractivity contribution in [3.8, 4) is 0 Å². The fraction of sp³-hybridized carbons (Fsp3) is 0.500. The number of ether oxygens (including phenoxy) is 1. The number of halogens is 2. The summed E-state index contributed by atoms with van der Waals surface area (Å²) in [4.78, 5) is 12.9. The van der Waals surface area contributed by atoms with Crippen molar-refractivity contribution in [3.63, 3.8) is 0 Å². The zero-order valence-corrected chi connectivity index (χ0v) is 11.9. The molecule has 1 N–H and O–H groups in total. The van der Waals surface area contributed by atoms with Gasteiger partial charge in [-0.15, -0.1) is 0 Å². The molecule has 1 saturated heterocycles. The number of benzene rings is 1. The van der Waals surface area contributed by atoms with Crippen LogP contribution in [0.1, 0.15) is 24.9 Å². The van der Waals surface area contributed by atoms with Crippen molar-refractivity contribution >= 4 is 17.6 Å². The lowest BCUT2D eigenvalue weighted by molar-refractivity contribution is -0.142. The van der Waals surface area contributed by atoms with Crippen LogP contribution in [0.25, 0.3) is 0 Å². The zero-order valence-electron chi connectivity index (χ0n) is 11.2. The third-order valence-corrected chi connectivity index (χ3v) is 3.84. The van der Waals surface area contributed by atoms with E-state index >= 15 is 0 Å². The van der Waals surface area contributed by atoms with Crippen molar-refractivity contribution in [2.45, 2.75) is 25.5 Å². The highest BCUT2D eigenvalue weighted by atomic mass is 35.5. The lowest BCUT2D eigenvalue weighted by Crippen LogP contribution is -2.44. The number of hydrogen-bond donors (Lipinski definition) is 1. The van der Waals surface area contributed by atoms with E-state index in [-0.39, 0.29) is 23.6 Å². The summed E-state index contributed by atoms with van der Waals surface area (Å²) in [5.41, 5.74) is 0.910. The van der Waals surface area contributed by atoms with Gasteiger partial charge in [0.15, 0.2) is 0 Å². The fourth-order valence-electron chi connectivity index (χ4n) is 2.40. The van der Waals surface area contributed by atoms with Gasteiger partial charge in [0, 0.05) is 19.1 Å². The molecule has 0 amide bonds. The molecular weight excluding hydrogens is 285 g/mol. The van der Waals surface area contributed by atoms with Crippen molar-refractivity contribution in [3.05, 3.63) is 34.6 Å². The number of carbonyl (C=O) groups is 1. The van der Waals surface area contributed by atoms with Gasteiger partial charge in [-0.1, -0.05) is 17.7 Å². The molecule has 6 heteroatoms. The van der Waals surface area contributed by atoms with Gasteiger partial charge in [0.1, 0.15) is 5.82 Å². The summed E-state index contributed by atoms with van der Waals surface area (Å²) in [5, 5.41) is 8.92. The Bertz CT molecular complexity index is 497. The largest absolute Gasteiger partial charge is 0.481 e. The number of carboxylic acid groups (broad SMARTS) is 1. The van der Waals surface area contributed by atoms with E-state index in [0.29, 0.717) is 19.7 Å². The zero-order chi connectivity index (χ0) is 14.7. The molecule has 1 aromatic carbocycles. The minimum Gasteiger partial charge on any atom is -0.481 e. The standard InChI is InChI=1S/C14H17ClFNO3/c1-9(10-2-3-13(16)12(15)6-10)17-4-5-20-11(8-17)7-14(18)19/h2-3,6,9,11H,4-5,7-8H2,1H3,(H,18,19). The van der Waals surface area contributed by atoms with Crippen LogP contribution in [0, 0.1) is 5.82 Å². The number of nitrogens with zero attached hydrogens (tertiary/aromatic N) is 1. The monoisotopic (exact) mass is 301 g/mol. The first-order chi connectivity index (χ1) is 9.47. The number of aliphatic carboxylic acids is 1. The SMILES string of the molecule is CC(c1ccc(F)c(Cl)c1)N1CCOC(CC(=O)O)C1. The summed E-state index contributed by atoms with van der Waals surface area (Å²) in [5.74, 6) is -1.30. The Balaban J connectivity index is 2.05. The molecular formula is C14H17ClFNO3. The summed E-state index contributed by atoms with van der Waals surface area (Å²) in [6, 6.07) is 4.70. The second-order valence-electron chi connectivity index (χ2n) is 4.94. The highest BCUT2D eigenvalue weighted by Gasteiger charge is 2.26. The van der Waals surface area contributed by atoms with Gasteiger partial charge < -0.3 is 9.84 Å². The topological polar surface area (TPSA) is 49.8 Å². The Morgan fingerprint density at radius 2 is 2.40 bits per heavy atom. The predicted octanol–water partition coefficient (Wildman–Crippen LogP) is 2.72. The molecule has 0 radical (unpaired) electrons. The molecule has 2 rings (SSSR count). The summed E-state index contributed by atoms with van der Waals surface area (Å²) < 4.78 is 18.6. The number of rotatable bonds is 4. The second-order valence-corrected chi connectivity index (χ2v) is 5.34. The molecule has 0 aliphatic carbocycles. The minimum absolute atomic E-state index is 0.00655. The third-order valence-electron chi connectivity index (χ3n) is 3.55. The van der Waals surface area contributed by atoms with Crippen LogP contribution in [0.3, 0.4) is 0 Å². The molecule has 4 nitrogen and oxygen atoms in total. The number of morpholine rings is 1. The molecule has 0 aromatic heterocycles. The van der Waals surface area contributed by atoms with Crippen molar-refractivity contribution in [2.24, 2.45) is 0 Å². The molecule has 1 aliphatic rings. The van der Waals surface area contributed by atoms with Gasteiger partial charge in [0.05, 0.1) is 24.2 Å². The normalized spacial score (nSPS) is 21.6. The molecule has 0 saturated carbocycles. The lowest BCUT2D eigenvalue weighted by Gasteiger charge is -2.36. The van der Waals surface area contributed by atoms with E-state index in [1.54, 1.807) is 12.1 Å². The Hall–Kier alpha value is -1.17. The molecule has 1 aliphatic heterocycles. The average molecular weight is 302 g/mol. The first-order valence-electron chi connectivity index (χ1n) is 6.49. The van der Waals surface area contributed by atoms with Crippen molar-refractivity contribution in [1.82, 2.24) is 4.90 Å². The van der Waals surface area contributed by atoms with Crippen LogP contribution in [-0.2, 0) is 9.53 Å². The van der Waals surface area contributed by atoms with Crippen LogP contribution in [0.15, 0.2) is 18.2 Å². The Kier molecular flexibility index (Phi) is 4.96. The van der Waals surface area contributed by atoms with Crippen molar-refractivity contribution < 1.29 is 19.0 Å². The van der Waals surface area contributed by atoms with Crippen LogP contribution < -0.4 is 0 Å². The maximum atomic E-state index is 13.2. The highest BCUT2D eigenvalue weighted by molar-refractivity contribution is 6.30. The quantitative estimate of drug-likeness (QED) is 0.929. The molecule has 0 bridgehead atoms. The van der Waals surface area contributed by atoms with Crippen LogP contribution >= 0.6 is 11.6 Å². The summed E-state index contributed by atoms with van der Waals surface area (Å²) >= 11 is 5.80. The van der Waals surface area contributed by atoms with E-state index in [9.17, 15) is 9.18 Å². The number of carboxylic acids is 1.